The molecule has 18 nitrogen and oxygen atoms in total. The first-order valence-corrected chi connectivity index (χ1v) is 24.6. The maximum absolute atomic E-state index is 14.7. The van der Waals surface area contributed by atoms with E-state index in [4.69, 9.17) is 18.9 Å². The van der Waals surface area contributed by atoms with Crippen molar-refractivity contribution in [2.45, 2.75) is 109 Å². The molecule has 0 aromatic heterocycles. The second-order valence-electron chi connectivity index (χ2n) is 17.8. The van der Waals surface area contributed by atoms with Crippen LogP contribution in [0.15, 0.2) is 115 Å². The highest BCUT2D eigenvalue weighted by Gasteiger charge is 2.34. The number of esters is 2. The number of aromatic hydroxyl groups is 1. The monoisotopic (exact) mass is 1020 g/mol. The number of benzene rings is 4. The number of phenolic OH excluding ortho intramolecular Hbond substituents is 1. The Balaban J connectivity index is 1.63. The van der Waals surface area contributed by atoms with E-state index < -0.39 is 102 Å². The molecule has 3 amide bonds. The molecule has 0 bridgehead atoms. The van der Waals surface area contributed by atoms with Crippen LogP contribution in [0, 0.1) is 11.8 Å². The van der Waals surface area contributed by atoms with Crippen LogP contribution in [-0.4, -0.2) is 108 Å². The summed E-state index contributed by atoms with van der Waals surface area (Å²) in [7, 11) is 1.53. The number of ether oxygens (including phenoxy) is 4. The van der Waals surface area contributed by atoms with E-state index in [9.17, 15) is 53.4 Å². The van der Waals surface area contributed by atoms with Crippen LogP contribution >= 0.6 is 0 Å². The van der Waals surface area contributed by atoms with E-state index in [0.29, 0.717) is 24.3 Å². The fraction of sp³-hybridized carbons (Fsp3) is 0.411. The summed E-state index contributed by atoms with van der Waals surface area (Å²) in [5, 5.41) is 27.4. The molecule has 5 N–H and O–H groups in total. The Bertz CT molecular complexity index is 2420. The average Bonchev–Trinajstić information content (AvgIpc) is 3.38. The predicted octanol–water partition coefficient (Wildman–Crippen LogP) is 5.34. The molecule has 4 aromatic rings. The van der Waals surface area contributed by atoms with Crippen molar-refractivity contribution >= 4 is 53.0 Å². The Morgan fingerprint density at radius 2 is 1.00 bits per heavy atom. The number of ketones is 3. The topological polar surface area (TPSA) is 267 Å². The summed E-state index contributed by atoms with van der Waals surface area (Å²) in [6, 6.07) is 28.4. The fourth-order valence-corrected chi connectivity index (χ4v) is 7.87. The molecular weight excluding hydrogens is 955 g/mol. The number of Topliss-reactive ketones (excluding diaryl/α,β-unsaturated/α-hetero) is 3. The van der Waals surface area contributed by atoms with Gasteiger partial charge in [0.2, 0.25) is 17.7 Å². The molecule has 0 heterocycles. The lowest BCUT2D eigenvalue weighted by molar-refractivity contribution is -0.147. The van der Waals surface area contributed by atoms with Crippen molar-refractivity contribution in [3.63, 3.8) is 0 Å². The van der Waals surface area contributed by atoms with Crippen molar-refractivity contribution in [2.24, 2.45) is 11.8 Å². The molecule has 0 fully saturated rings. The van der Waals surface area contributed by atoms with E-state index in [-0.39, 0.29) is 76.9 Å². The zero-order valence-corrected chi connectivity index (χ0v) is 41.9. The van der Waals surface area contributed by atoms with Gasteiger partial charge in [0.1, 0.15) is 19.0 Å². The number of carbonyl (C=O) groups excluding carboxylic acids is 8. The first-order valence-electron chi connectivity index (χ1n) is 24.6. The molecule has 0 aliphatic heterocycles. The van der Waals surface area contributed by atoms with Crippen LogP contribution in [0.5, 0.6) is 5.75 Å². The highest BCUT2D eigenvalue weighted by Crippen LogP contribution is 2.22. The second kappa shape index (κ2) is 32.5. The van der Waals surface area contributed by atoms with Gasteiger partial charge in [-0.05, 0) is 66.5 Å². The predicted molar refractivity (Wildman–Crippen MR) is 270 cm³/mol. The highest BCUT2D eigenvalue weighted by atomic mass is 16.5. The van der Waals surface area contributed by atoms with Gasteiger partial charge in [0, 0.05) is 64.6 Å². The quantitative estimate of drug-likeness (QED) is 0.0288. The summed E-state index contributed by atoms with van der Waals surface area (Å²) < 4.78 is 21.5. The summed E-state index contributed by atoms with van der Waals surface area (Å²) in [6.45, 7) is 1.93. The van der Waals surface area contributed by atoms with E-state index in [2.05, 4.69) is 16.0 Å². The number of methoxy groups -OCH3 is 1. The van der Waals surface area contributed by atoms with Crippen molar-refractivity contribution in [1.29, 1.82) is 0 Å². The highest BCUT2D eigenvalue weighted by molar-refractivity contribution is 5.97. The average molecular weight is 1020 g/mol. The standard InChI is InChI=1S/C56H67N3O15/c1-38(60)57-48(35-52(65)66)51(64)34-44(31-40-20-23-45(61)24-21-40)56(70)59-47(32-39-13-6-3-7-14-39)50(63)33-43(22-26-53(67)73-36-41-15-8-4-9-16-41)55(69)58-46(49(62)19-12-28-72-30-29-71-2)25-27-54(68)74-37-42-17-10-5-11-18-42/h3-11,13-18,20-21,23-24,43-44,46-48,61H,12,19,22,25-37H2,1-2H3,(H,57,60)(H,58,69)(H,59,70)(H,65,66)/t43-,44-,46-,47-,48+/m1/s1. The lowest BCUT2D eigenvalue weighted by Gasteiger charge is -2.26. The molecule has 0 saturated carbocycles. The summed E-state index contributed by atoms with van der Waals surface area (Å²) in [6.07, 6.45) is -2.72. The number of carboxylic acid groups (broad SMARTS) is 1. The number of hydrogen-bond acceptors (Lipinski definition) is 14. The van der Waals surface area contributed by atoms with Gasteiger partial charge in [0.05, 0.1) is 37.8 Å². The number of carboxylic acids is 1. The Hall–Kier alpha value is -7.57. The van der Waals surface area contributed by atoms with E-state index in [0.717, 1.165) is 18.1 Å². The first-order chi connectivity index (χ1) is 35.6. The largest absolute Gasteiger partial charge is 0.508 e. The molecule has 74 heavy (non-hydrogen) atoms. The van der Waals surface area contributed by atoms with Crippen LogP contribution in [0.3, 0.4) is 0 Å². The summed E-state index contributed by atoms with van der Waals surface area (Å²) in [4.78, 5) is 121. The smallest absolute Gasteiger partial charge is 0.306 e. The second-order valence-corrected chi connectivity index (χ2v) is 17.8. The zero-order valence-electron chi connectivity index (χ0n) is 41.9. The van der Waals surface area contributed by atoms with Crippen LogP contribution in [0.2, 0.25) is 0 Å². The van der Waals surface area contributed by atoms with Gasteiger partial charge in [-0.2, -0.15) is 0 Å². The lowest BCUT2D eigenvalue weighted by atomic mass is 9.88. The summed E-state index contributed by atoms with van der Waals surface area (Å²) >= 11 is 0. The summed E-state index contributed by atoms with van der Waals surface area (Å²) in [5.41, 5.74) is 2.60. The van der Waals surface area contributed by atoms with E-state index >= 15 is 0 Å². The minimum absolute atomic E-state index is 0.00905. The lowest BCUT2D eigenvalue weighted by Crippen LogP contribution is -2.49. The molecule has 0 radical (unpaired) electrons. The van der Waals surface area contributed by atoms with E-state index in [1.165, 1.54) is 31.4 Å². The van der Waals surface area contributed by atoms with E-state index in [1.807, 2.05) is 12.1 Å². The number of hydrogen-bond donors (Lipinski definition) is 5. The van der Waals surface area contributed by atoms with Gasteiger partial charge < -0.3 is 45.1 Å². The fourth-order valence-electron chi connectivity index (χ4n) is 7.87. The molecule has 5 atom stereocenters. The number of aliphatic carboxylic acids is 1. The van der Waals surface area contributed by atoms with Gasteiger partial charge >= 0.3 is 17.9 Å². The number of phenols is 1. The van der Waals surface area contributed by atoms with Gasteiger partial charge in [-0.1, -0.05) is 103 Å². The van der Waals surface area contributed by atoms with Crippen molar-refractivity contribution in [1.82, 2.24) is 16.0 Å². The van der Waals surface area contributed by atoms with Crippen LogP contribution in [0.1, 0.15) is 87.0 Å². The maximum Gasteiger partial charge on any atom is 0.306 e. The Morgan fingerprint density at radius 1 is 0.500 bits per heavy atom. The normalized spacial score (nSPS) is 12.9. The number of nitrogens with one attached hydrogen (secondary N) is 3. The molecule has 18 heteroatoms. The van der Waals surface area contributed by atoms with Crippen LogP contribution < -0.4 is 16.0 Å². The third-order valence-corrected chi connectivity index (χ3v) is 11.9. The van der Waals surface area contributed by atoms with E-state index in [1.54, 1.807) is 78.9 Å². The van der Waals surface area contributed by atoms with Crippen molar-refractivity contribution in [2.75, 3.05) is 26.9 Å². The molecule has 0 aliphatic rings. The first kappa shape index (κ1) is 59.0. The van der Waals surface area contributed by atoms with Crippen molar-refractivity contribution < 1.29 is 72.3 Å². The third-order valence-electron chi connectivity index (χ3n) is 11.9. The SMILES string of the molecule is COCCOCCCC(=O)[C@@H](CCC(=O)OCc1ccccc1)NC(=O)[C@H](CCC(=O)OCc1ccccc1)CC(=O)[C@@H](Cc1ccccc1)NC(=O)[C@@H](CC(=O)[C@H](CC(=O)O)NC(C)=O)Cc1ccc(O)cc1. The van der Waals surface area contributed by atoms with Crippen molar-refractivity contribution in [3.05, 3.63) is 138 Å². The summed E-state index contributed by atoms with van der Waals surface area (Å²) in [5.74, 6) is -9.24. The molecule has 0 aliphatic carbocycles. The Morgan fingerprint density at radius 3 is 1.55 bits per heavy atom. The van der Waals surface area contributed by atoms with Crippen molar-refractivity contribution in [3.8, 4) is 5.75 Å². The number of rotatable bonds is 35. The van der Waals surface area contributed by atoms with Crippen LogP contribution in [-0.2, 0) is 88.2 Å². The molecular formula is C56H67N3O15. The van der Waals surface area contributed by atoms with Gasteiger partial charge in [0.15, 0.2) is 17.3 Å². The molecule has 4 aromatic carbocycles. The number of amides is 3. The molecule has 0 saturated heterocycles. The molecule has 396 valence electrons. The molecule has 0 spiro atoms. The minimum Gasteiger partial charge on any atom is -0.508 e. The van der Waals surface area contributed by atoms with Crippen LogP contribution in [0.25, 0.3) is 0 Å². The molecule has 4 rings (SSSR count). The molecule has 0 unspecified atom stereocenters. The van der Waals surface area contributed by atoms with Gasteiger partial charge in [-0.15, -0.1) is 0 Å². The van der Waals surface area contributed by atoms with Gasteiger partial charge in [0.25, 0.3) is 0 Å². The van der Waals surface area contributed by atoms with Gasteiger partial charge in [-0.3, -0.25) is 43.2 Å². The van der Waals surface area contributed by atoms with Gasteiger partial charge in [-0.25, -0.2) is 0 Å². The van der Waals surface area contributed by atoms with Crippen LogP contribution in [0.4, 0.5) is 0 Å². The minimum atomic E-state index is -1.47. The zero-order chi connectivity index (χ0) is 53.7. The maximum atomic E-state index is 14.7. The number of carbonyl (C=O) groups is 9. The Kier molecular flexibility index (Phi) is 25.9. The Labute approximate surface area is 430 Å². The third kappa shape index (κ3) is 22.9.